The standard InChI is InChI=1S/C31H41N3O2/c1-23(2)30(31(35)36)34-21-28(29(22-34)27-9-4-3-5-10-27)20-33-17-15-25(16-18-33)8-6-7-24-11-13-26(19-32)14-12-24/h3-5,9-14,23,25,28-30H,6-8,15-18,20-22H2,1-2H3,(H,35,36). The summed E-state index contributed by atoms with van der Waals surface area (Å²) in [5, 5.41) is 18.9. The molecule has 3 unspecified atom stereocenters. The molecule has 2 aromatic carbocycles. The van der Waals surface area contributed by atoms with E-state index < -0.39 is 12.0 Å². The summed E-state index contributed by atoms with van der Waals surface area (Å²) < 4.78 is 0. The minimum atomic E-state index is -0.695. The number of benzene rings is 2. The molecule has 2 aliphatic heterocycles. The van der Waals surface area contributed by atoms with Gasteiger partial charge in [0.25, 0.3) is 0 Å². The van der Waals surface area contributed by atoms with Gasteiger partial charge in [-0.05, 0) is 79.8 Å². The molecule has 5 nitrogen and oxygen atoms in total. The first-order valence-corrected chi connectivity index (χ1v) is 13.7. The van der Waals surface area contributed by atoms with Gasteiger partial charge in [-0.25, -0.2) is 0 Å². The number of aliphatic carboxylic acids is 1. The van der Waals surface area contributed by atoms with E-state index in [1.165, 1.54) is 36.8 Å². The summed E-state index contributed by atoms with van der Waals surface area (Å²) in [5.74, 6) is 1.04. The first-order chi connectivity index (χ1) is 17.4. The van der Waals surface area contributed by atoms with Gasteiger partial charge < -0.3 is 10.0 Å². The normalized spacial score (nSPS) is 22.5. The van der Waals surface area contributed by atoms with Crippen LogP contribution in [-0.4, -0.2) is 59.6 Å². The van der Waals surface area contributed by atoms with Crippen molar-refractivity contribution in [3.05, 3.63) is 71.3 Å². The Balaban J connectivity index is 1.29. The van der Waals surface area contributed by atoms with E-state index in [1.807, 2.05) is 26.0 Å². The molecule has 0 amide bonds. The Morgan fingerprint density at radius 3 is 2.36 bits per heavy atom. The monoisotopic (exact) mass is 487 g/mol. The molecule has 0 bridgehead atoms. The van der Waals surface area contributed by atoms with E-state index in [0.29, 0.717) is 11.8 Å². The van der Waals surface area contributed by atoms with E-state index in [1.54, 1.807) is 0 Å². The summed E-state index contributed by atoms with van der Waals surface area (Å²) in [4.78, 5) is 16.9. The lowest BCUT2D eigenvalue weighted by Gasteiger charge is -2.35. The van der Waals surface area contributed by atoms with Gasteiger partial charge in [-0.2, -0.15) is 5.26 Å². The summed E-state index contributed by atoms with van der Waals surface area (Å²) in [6.07, 6.45) is 6.07. The van der Waals surface area contributed by atoms with Crippen molar-refractivity contribution < 1.29 is 9.90 Å². The minimum absolute atomic E-state index is 0.0951. The van der Waals surface area contributed by atoms with Gasteiger partial charge in [0.15, 0.2) is 0 Å². The third-order valence-electron chi connectivity index (χ3n) is 8.34. The molecule has 0 radical (unpaired) electrons. The van der Waals surface area contributed by atoms with Gasteiger partial charge in [0, 0.05) is 25.6 Å². The zero-order valence-electron chi connectivity index (χ0n) is 21.9. The highest BCUT2D eigenvalue weighted by molar-refractivity contribution is 5.73. The van der Waals surface area contributed by atoms with Crippen molar-refractivity contribution in [2.24, 2.45) is 17.8 Å². The van der Waals surface area contributed by atoms with Crippen molar-refractivity contribution in [1.82, 2.24) is 9.80 Å². The van der Waals surface area contributed by atoms with Gasteiger partial charge in [-0.3, -0.25) is 9.69 Å². The summed E-state index contributed by atoms with van der Waals surface area (Å²) in [7, 11) is 0. The number of hydrogen-bond acceptors (Lipinski definition) is 4. The third-order valence-corrected chi connectivity index (χ3v) is 8.34. The number of aryl methyl sites for hydroxylation is 1. The number of carboxylic acids is 1. The van der Waals surface area contributed by atoms with E-state index in [-0.39, 0.29) is 5.92 Å². The zero-order valence-corrected chi connectivity index (χ0v) is 21.9. The van der Waals surface area contributed by atoms with Crippen LogP contribution in [-0.2, 0) is 11.2 Å². The molecular formula is C31H41N3O2. The van der Waals surface area contributed by atoms with Crippen LogP contribution in [0, 0.1) is 29.1 Å². The Morgan fingerprint density at radius 1 is 1.06 bits per heavy atom. The summed E-state index contributed by atoms with van der Waals surface area (Å²) in [5.41, 5.74) is 3.40. The van der Waals surface area contributed by atoms with Crippen LogP contribution in [0.5, 0.6) is 0 Å². The average Bonchev–Trinajstić information content (AvgIpc) is 3.28. The first-order valence-electron chi connectivity index (χ1n) is 13.7. The molecule has 3 atom stereocenters. The first kappa shape index (κ1) is 26.4. The van der Waals surface area contributed by atoms with Gasteiger partial charge in [0.1, 0.15) is 6.04 Å². The molecule has 2 aromatic rings. The lowest BCUT2D eigenvalue weighted by molar-refractivity contribution is -0.144. The van der Waals surface area contributed by atoms with Gasteiger partial charge in [0.2, 0.25) is 0 Å². The Hall–Kier alpha value is -2.68. The van der Waals surface area contributed by atoms with E-state index in [0.717, 1.165) is 50.6 Å². The molecule has 0 saturated carbocycles. The number of piperidine rings is 1. The largest absolute Gasteiger partial charge is 0.480 e. The number of likely N-dealkylation sites (tertiary alicyclic amines) is 2. The number of nitrogens with zero attached hydrogens (tertiary/aromatic N) is 3. The van der Waals surface area contributed by atoms with E-state index in [2.05, 4.69) is 58.3 Å². The molecule has 5 heteroatoms. The van der Waals surface area contributed by atoms with Crippen LogP contribution in [0.15, 0.2) is 54.6 Å². The van der Waals surface area contributed by atoms with Gasteiger partial charge in [-0.15, -0.1) is 0 Å². The zero-order chi connectivity index (χ0) is 25.5. The Bertz CT molecular complexity index is 1010. The number of carboxylic acid groups (broad SMARTS) is 1. The molecule has 0 aliphatic carbocycles. The lowest BCUT2D eigenvalue weighted by atomic mass is 9.87. The minimum Gasteiger partial charge on any atom is -0.480 e. The quantitative estimate of drug-likeness (QED) is 0.485. The highest BCUT2D eigenvalue weighted by atomic mass is 16.4. The van der Waals surface area contributed by atoms with Crippen molar-refractivity contribution in [2.45, 2.75) is 57.9 Å². The topological polar surface area (TPSA) is 67.6 Å². The highest BCUT2D eigenvalue weighted by Gasteiger charge is 2.41. The van der Waals surface area contributed by atoms with Crippen molar-refractivity contribution in [3.63, 3.8) is 0 Å². The van der Waals surface area contributed by atoms with Gasteiger partial charge >= 0.3 is 5.97 Å². The molecule has 192 valence electrons. The Morgan fingerprint density at radius 2 is 1.75 bits per heavy atom. The van der Waals surface area contributed by atoms with E-state index >= 15 is 0 Å². The number of carbonyl (C=O) groups is 1. The third kappa shape index (κ3) is 6.75. The highest BCUT2D eigenvalue weighted by Crippen LogP contribution is 2.36. The maximum atomic E-state index is 12.0. The van der Waals surface area contributed by atoms with Gasteiger partial charge in [-0.1, -0.05) is 62.7 Å². The van der Waals surface area contributed by atoms with E-state index in [9.17, 15) is 9.90 Å². The summed E-state index contributed by atoms with van der Waals surface area (Å²) in [6, 6.07) is 20.5. The van der Waals surface area contributed by atoms with Crippen molar-refractivity contribution in [2.75, 3.05) is 32.7 Å². The van der Waals surface area contributed by atoms with Crippen LogP contribution in [0.3, 0.4) is 0 Å². The number of rotatable bonds is 10. The molecule has 1 N–H and O–H groups in total. The second-order valence-corrected chi connectivity index (χ2v) is 11.2. The molecule has 4 rings (SSSR count). The Labute approximate surface area is 216 Å². The van der Waals surface area contributed by atoms with Crippen molar-refractivity contribution in [3.8, 4) is 6.07 Å². The molecule has 36 heavy (non-hydrogen) atoms. The average molecular weight is 488 g/mol. The summed E-state index contributed by atoms with van der Waals surface area (Å²) >= 11 is 0. The van der Waals surface area contributed by atoms with Crippen LogP contribution in [0.4, 0.5) is 0 Å². The Kier molecular flexibility index (Phi) is 9.18. The molecule has 2 heterocycles. The van der Waals surface area contributed by atoms with Crippen molar-refractivity contribution >= 4 is 5.97 Å². The SMILES string of the molecule is CC(C)C(C(=O)O)N1CC(CN2CCC(CCCc3ccc(C#N)cc3)CC2)C(c2ccccc2)C1. The smallest absolute Gasteiger partial charge is 0.321 e. The fourth-order valence-corrected chi connectivity index (χ4v) is 6.39. The van der Waals surface area contributed by atoms with Crippen LogP contribution in [0.2, 0.25) is 0 Å². The molecule has 2 fully saturated rings. The molecular weight excluding hydrogens is 446 g/mol. The molecule has 0 spiro atoms. The maximum Gasteiger partial charge on any atom is 0.321 e. The second kappa shape index (κ2) is 12.5. The number of hydrogen-bond donors (Lipinski definition) is 1. The van der Waals surface area contributed by atoms with Gasteiger partial charge in [0.05, 0.1) is 11.6 Å². The van der Waals surface area contributed by atoms with Crippen LogP contribution < -0.4 is 0 Å². The van der Waals surface area contributed by atoms with Crippen LogP contribution in [0.25, 0.3) is 0 Å². The maximum absolute atomic E-state index is 12.0. The molecule has 2 aliphatic rings. The second-order valence-electron chi connectivity index (χ2n) is 11.2. The number of nitriles is 1. The predicted octanol–water partition coefficient (Wildman–Crippen LogP) is 5.42. The lowest BCUT2D eigenvalue weighted by Crippen LogP contribution is -2.44. The fourth-order valence-electron chi connectivity index (χ4n) is 6.39. The van der Waals surface area contributed by atoms with Crippen molar-refractivity contribution in [1.29, 1.82) is 5.26 Å². The molecule has 0 aromatic heterocycles. The van der Waals surface area contributed by atoms with Crippen LogP contribution in [0.1, 0.15) is 62.1 Å². The predicted molar refractivity (Wildman–Crippen MR) is 144 cm³/mol. The molecule has 2 saturated heterocycles. The van der Waals surface area contributed by atoms with Crippen LogP contribution >= 0.6 is 0 Å². The summed E-state index contributed by atoms with van der Waals surface area (Å²) in [6.45, 7) is 9.08. The van der Waals surface area contributed by atoms with E-state index in [4.69, 9.17) is 5.26 Å². The fraction of sp³-hybridized carbons (Fsp3) is 0.548.